The second-order valence-corrected chi connectivity index (χ2v) is 6.88. The van der Waals surface area contributed by atoms with Crippen LogP contribution in [0.5, 0.6) is 0 Å². The highest BCUT2D eigenvalue weighted by Gasteiger charge is 2.24. The molecule has 4 N–H and O–H groups in total. The number of nitrogens with zero attached hydrogens (tertiary/aromatic N) is 1. The number of hydrogen-bond donors (Lipinski definition) is 3. The third-order valence-electron chi connectivity index (χ3n) is 4.69. The number of amides is 1. The zero-order valence-electron chi connectivity index (χ0n) is 15.4. The molecule has 0 saturated heterocycles. The molecule has 28 heavy (non-hydrogen) atoms. The van der Waals surface area contributed by atoms with E-state index in [1.165, 1.54) is 6.07 Å². The average Bonchev–Trinajstić information content (AvgIpc) is 3.46. The molecule has 2 atom stereocenters. The fourth-order valence-electron chi connectivity index (χ4n) is 2.87. The quantitative estimate of drug-likeness (QED) is 0.601. The zero-order chi connectivity index (χ0) is 18.5. The van der Waals surface area contributed by atoms with Crippen LogP contribution in [-0.2, 0) is 12.8 Å². The van der Waals surface area contributed by atoms with Gasteiger partial charge in [0.15, 0.2) is 0 Å². The van der Waals surface area contributed by atoms with Crippen molar-refractivity contribution < 1.29 is 14.3 Å². The first-order chi connectivity index (χ1) is 12.5. The van der Waals surface area contributed by atoms with Gasteiger partial charge >= 0.3 is 0 Å². The Morgan fingerprint density at radius 3 is 2.61 bits per heavy atom. The van der Waals surface area contributed by atoms with Gasteiger partial charge in [-0.05, 0) is 48.9 Å². The molecular weight excluding hydrogens is 404 g/mol. The van der Waals surface area contributed by atoms with E-state index >= 15 is 0 Å². The number of nitrogens with one attached hydrogen (secondary N) is 1. The fraction of sp³-hybridized carbons (Fsp3) is 0.400. The maximum absolute atomic E-state index is 13.8. The number of aromatic nitrogens is 1. The van der Waals surface area contributed by atoms with Gasteiger partial charge in [0.2, 0.25) is 0 Å². The molecule has 0 spiro atoms. The standard InChI is InChI=1S/C20H24FN3O2.2ClH/c21-16-6-2-1-4-14(16)10-17(22)19(25)11-18-15(5-3-9-23-18)20(26)24-12-13-7-8-13;;/h1-6,9,13,17,19,25H,7-8,10-12,22H2,(H,24,26);2*1H/t17-,19+;;/m1../s1. The molecule has 1 heterocycles. The van der Waals surface area contributed by atoms with Crippen molar-refractivity contribution in [2.24, 2.45) is 11.7 Å². The first-order valence-corrected chi connectivity index (χ1v) is 8.93. The van der Waals surface area contributed by atoms with E-state index in [4.69, 9.17) is 5.73 Å². The van der Waals surface area contributed by atoms with Crippen molar-refractivity contribution in [2.75, 3.05) is 6.54 Å². The molecule has 2 aromatic rings. The highest BCUT2D eigenvalue weighted by Crippen LogP contribution is 2.27. The summed E-state index contributed by atoms with van der Waals surface area (Å²) in [6, 6.07) is 9.10. The molecule has 1 aromatic heterocycles. The van der Waals surface area contributed by atoms with Gasteiger partial charge in [0.05, 0.1) is 17.4 Å². The Kier molecular flexibility index (Phi) is 9.82. The Morgan fingerprint density at radius 1 is 1.21 bits per heavy atom. The normalized spacial score (nSPS) is 15.0. The number of benzene rings is 1. The van der Waals surface area contributed by atoms with Crippen LogP contribution in [0.25, 0.3) is 0 Å². The number of rotatable bonds is 8. The maximum Gasteiger partial charge on any atom is 0.253 e. The van der Waals surface area contributed by atoms with Crippen molar-refractivity contribution in [1.82, 2.24) is 10.3 Å². The van der Waals surface area contributed by atoms with E-state index in [2.05, 4.69) is 10.3 Å². The minimum atomic E-state index is -0.931. The Morgan fingerprint density at radius 2 is 1.93 bits per heavy atom. The molecule has 0 unspecified atom stereocenters. The van der Waals surface area contributed by atoms with Crippen LogP contribution in [0.3, 0.4) is 0 Å². The molecule has 154 valence electrons. The molecule has 1 amide bonds. The van der Waals surface area contributed by atoms with Crippen molar-refractivity contribution in [2.45, 2.75) is 37.8 Å². The molecule has 1 fully saturated rings. The molecule has 0 aliphatic heterocycles. The zero-order valence-corrected chi connectivity index (χ0v) is 17.0. The first-order valence-electron chi connectivity index (χ1n) is 8.93. The smallest absolute Gasteiger partial charge is 0.253 e. The number of carbonyl (C=O) groups is 1. The number of carbonyl (C=O) groups excluding carboxylic acids is 1. The molecule has 1 saturated carbocycles. The highest BCUT2D eigenvalue weighted by atomic mass is 35.5. The molecule has 1 aromatic carbocycles. The summed E-state index contributed by atoms with van der Waals surface area (Å²) in [7, 11) is 0. The minimum Gasteiger partial charge on any atom is -0.391 e. The molecule has 0 radical (unpaired) electrons. The second-order valence-electron chi connectivity index (χ2n) is 6.88. The van der Waals surface area contributed by atoms with Crippen LogP contribution in [0.4, 0.5) is 4.39 Å². The summed E-state index contributed by atoms with van der Waals surface area (Å²) in [5, 5.41) is 13.3. The summed E-state index contributed by atoms with van der Waals surface area (Å²) in [6.07, 6.45) is 3.32. The number of aliphatic hydroxyl groups is 1. The summed E-state index contributed by atoms with van der Waals surface area (Å²) in [5.41, 5.74) is 7.46. The van der Waals surface area contributed by atoms with E-state index in [9.17, 15) is 14.3 Å². The summed E-state index contributed by atoms with van der Waals surface area (Å²) in [4.78, 5) is 16.6. The second kappa shape index (κ2) is 11.3. The van der Waals surface area contributed by atoms with E-state index in [-0.39, 0.29) is 49.4 Å². The lowest BCUT2D eigenvalue weighted by Gasteiger charge is -2.20. The molecule has 8 heteroatoms. The van der Waals surface area contributed by atoms with E-state index in [1.807, 2.05) is 0 Å². The number of aliphatic hydroxyl groups excluding tert-OH is 1. The number of hydrogen-bond acceptors (Lipinski definition) is 4. The summed E-state index contributed by atoms with van der Waals surface area (Å²) in [6.45, 7) is 0.669. The van der Waals surface area contributed by atoms with Crippen molar-refractivity contribution in [3.05, 3.63) is 65.2 Å². The van der Waals surface area contributed by atoms with Crippen molar-refractivity contribution in [3.8, 4) is 0 Å². The monoisotopic (exact) mass is 429 g/mol. The number of nitrogens with two attached hydrogens (primary N) is 1. The Balaban J connectivity index is 0.00000196. The van der Waals surface area contributed by atoms with Gasteiger partial charge in [-0.3, -0.25) is 9.78 Å². The van der Waals surface area contributed by atoms with Gasteiger partial charge in [0, 0.05) is 25.2 Å². The Bertz CT molecular complexity index is 775. The minimum absolute atomic E-state index is 0. The highest BCUT2D eigenvalue weighted by molar-refractivity contribution is 5.95. The van der Waals surface area contributed by atoms with Crippen LogP contribution >= 0.6 is 24.8 Å². The number of halogens is 3. The van der Waals surface area contributed by atoms with E-state index in [0.717, 1.165) is 12.8 Å². The lowest BCUT2D eigenvalue weighted by atomic mass is 9.97. The van der Waals surface area contributed by atoms with Gasteiger partial charge in [-0.25, -0.2) is 4.39 Å². The van der Waals surface area contributed by atoms with Gasteiger partial charge < -0.3 is 16.2 Å². The third kappa shape index (κ3) is 6.71. The Hall–Kier alpha value is -1.73. The van der Waals surface area contributed by atoms with Gasteiger partial charge in [0.1, 0.15) is 5.82 Å². The lowest BCUT2D eigenvalue weighted by Crippen LogP contribution is -2.39. The first kappa shape index (κ1) is 24.3. The van der Waals surface area contributed by atoms with Gasteiger partial charge in [-0.15, -0.1) is 24.8 Å². The van der Waals surface area contributed by atoms with Crippen molar-refractivity contribution in [3.63, 3.8) is 0 Å². The van der Waals surface area contributed by atoms with Crippen molar-refractivity contribution in [1.29, 1.82) is 0 Å². The molecule has 1 aliphatic carbocycles. The van der Waals surface area contributed by atoms with E-state index < -0.39 is 12.1 Å². The lowest BCUT2D eigenvalue weighted by molar-refractivity contribution is 0.0948. The van der Waals surface area contributed by atoms with Gasteiger partial charge in [-0.1, -0.05) is 18.2 Å². The predicted octanol–water partition coefficient (Wildman–Crippen LogP) is 2.68. The Labute approximate surface area is 176 Å². The van der Waals surface area contributed by atoms with Crippen molar-refractivity contribution >= 4 is 30.7 Å². The average molecular weight is 430 g/mol. The van der Waals surface area contributed by atoms with Crippen LogP contribution in [-0.4, -0.2) is 34.7 Å². The maximum atomic E-state index is 13.8. The van der Waals surface area contributed by atoms with E-state index in [0.29, 0.717) is 29.3 Å². The SMILES string of the molecule is Cl.Cl.N[C@H](Cc1ccccc1F)[C@@H](O)Cc1ncccc1C(=O)NCC1CC1. The van der Waals surface area contributed by atoms with Crippen LogP contribution in [0.1, 0.15) is 34.5 Å². The predicted molar refractivity (Wildman–Crippen MR) is 112 cm³/mol. The van der Waals surface area contributed by atoms with Gasteiger partial charge in [0.25, 0.3) is 5.91 Å². The van der Waals surface area contributed by atoms with Crippen LogP contribution < -0.4 is 11.1 Å². The summed E-state index contributed by atoms with van der Waals surface area (Å²) >= 11 is 0. The molecule has 1 aliphatic rings. The molecule has 3 rings (SSSR count). The topological polar surface area (TPSA) is 88.2 Å². The van der Waals surface area contributed by atoms with Crippen LogP contribution in [0.15, 0.2) is 42.6 Å². The summed E-state index contributed by atoms with van der Waals surface area (Å²) < 4.78 is 13.8. The third-order valence-corrected chi connectivity index (χ3v) is 4.69. The molecule has 5 nitrogen and oxygen atoms in total. The van der Waals surface area contributed by atoms with Crippen LogP contribution in [0, 0.1) is 11.7 Å². The van der Waals surface area contributed by atoms with E-state index in [1.54, 1.807) is 36.5 Å². The largest absolute Gasteiger partial charge is 0.391 e. The molecular formula is C20H26Cl2FN3O2. The number of pyridine rings is 1. The summed E-state index contributed by atoms with van der Waals surface area (Å²) in [5.74, 6) is 0.0573. The van der Waals surface area contributed by atoms with Gasteiger partial charge in [-0.2, -0.15) is 0 Å². The van der Waals surface area contributed by atoms with Crippen LogP contribution in [0.2, 0.25) is 0 Å². The molecule has 0 bridgehead atoms. The fourth-order valence-corrected chi connectivity index (χ4v) is 2.87.